The first-order chi connectivity index (χ1) is 7.58. The smallest absolute Gasteiger partial charge is 0.0218 e. The first kappa shape index (κ1) is 13.9. The summed E-state index contributed by atoms with van der Waals surface area (Å²) in [5.41, 5.74) is 0. The van der Waals surface area contributed by atoms with Crippen molar-refractivity contribution in [3.63, 3.8) is 0 Å². The Labute approximate surface area is 101 Å². The Kier molecular flexibility index (Phi) is 5.73. The lowest BCUT2D eigenvalue weighted by Gasteiger charge is -2.42. The molecule has 1 saturated heterocycles. The van der Waals surface area contributed by atoms with Gasteiger partial charge in [0, 0.05) is 37.8 Å². The normalized spacial score (nSPS) is 27.9. The van der Waals surface area contributed by atoms with Crippen molar-refractivity contribution in [3.8, 4) is 0 Å². The molecule has 96 valence electrons. The third-order valence-electron chi connectivity index (χ3n) is 4.09. The molecule has 16 heavy (non-hydrogen) atoms. The molecule has 1 N–H and O–H groups in total. The minimum Gasteiger partial charge on any atom is -0.317 e. The third kappa shape index (κ3) is 3.72. The van der Waals surface area contributed by atoms with Crippen molar-refractivity contribution in [2.45, 2.75) is 51.7 Å². The Hall–Kier alpha value is -0.120. The minimum atomic E-state index is 0.620. The van der Waals surface area contributed by atoms with E-state index in [-0.39, 0.29) is 0 Å². The third-order valence-corrected chi connectivity index (χ3v) is 4.09. The average Bonchev–Trinajstić information content (AvgIpc) is 2.29. The van der Waals surface area contributed by atoms with Crippen molar-refractivity contribution in [1.82, 2.24) is 15.1 Å². The zero-order valence-corrected chi connectivity index (χ0v) is 11.7. The highest BCUT2D eigenvalue weighted by atomic mass is 15.3. The number of likely N-dealkylation sites (N-methyl/N-ethyl adjacent to an activating group) is 1. The van der Waals surface area contributed by atoms with Crippen LogP contribution in [0.2, 0.25) is 0 Å². The molecule has 0 saturated carbocycles. The van der Waals surface area contributed by atoms with Gasteiger partial charge in [0.1, 0.15) is 0 Å². The van der Waals surface area contributed by atoms with Crippen LogP contribution < -0.4 is 5.32 Å². The van der Waals surface area contributed by atoms with E-state index in [1.807, 2.05) is 0 Å². The van der Waals surface area contributed by atoms with Crippen LogP contribution in [0.15, 0.2) is 0 Å². The maximum atomic E-state index is 3.33. The average molecular weight is 227 g/mol. The molecule has 0 aromatic rings. The van der Waals surface area contributed by atoms with E-state index in [9.17, 15) is 0 Å². The zero-order valence-electron chi connectivity index (χ0n) is 11.7. The first-order valence-electron chi connectivity index (χ1n) is 6.70. The van der Waals surface area contributed by atoms with Gasteiger partial charge in [0.25, 0.3) is 0 Å². The van der Waals surface area contributed by atoms with Crippen molar-refractivity contribution in [1.29, 1.82) is 0 Å². The maximum Gasteiger partial charge on any atom is 0.0218 e. The van der Waals surface area contributed by atoms with Crippen LogP contribution in [0.1, 0.15) is 33.6 Å². The van der Waals surface area contributed by atoms with Crippen molar-refractivity contribution in [3.05, 3.63) is 0 Å². The molecule has 0 amide bonds. The lowest BCUT2D eigenvalue weighted by molar-refractivity contribution is 0.0625. The Morgan fingerprint density at radius 2 is 2.00 bits per heavy atom. The van der Waals surface area contributed by atoms with Crippen LogP contribution in [-0.4, -0.2) is 61.7 Å². The van der Waals surface area contributed by atoms with Gasteiger partial charge in [0.05, 0.1) is 0 Å². The Morgan fingerprint density at radius 3 is 2.56 bits per heavy atom. The Bertz CT molecular complexity index is 196. The molecule has 3 atom stereocenters. The number of piperazine rings is 1. The van der Waals surface area contributed by atoms with Crippen LogP contribution in [0.3, 0.4) is 0 Å². The topological polar surface area (TPSA) is 18.5 Å². The SMILES string of the molecule is CCC1CN(C(C)CC(C)NC)CCN1C. The summed E-state index contributed by atoms with van der Waals surface area (Å²) in [7, 11) is 4.31. The van der Waals surface area contributed by atoms with E-state index in [4.69, 9.17) is 0 Å². The van der Waals surface area contributed by atoms with E-state index in [0.29, 0.717) is 12.1 Å². The molecule has 1 aliphatic rings. The molecular weight excluding hydrogens is 198 g/mol. The van der Waals surface area contributed by atoms with Crippen LogP contribution in [0.5, 0.6) is 0 Å². The van der Waals surface area contributed by atoms with Gasteiger partial charge in [-0.05, 0) is 40.8 Å². The van der Waals surface area contributed by atoms with Crippen LogP contribution in [0.25, 0.3) is 0 Å². The van der Waals surface area contributed by atoms with Crippen LogP contribution in [-0.2, 0) is 0 Å². The number of hydrogen-bond acceptors (Lipinski definition) is 3. The molecule has 0 aromatic heterocycles. The standard InChI is InChI=1S/C13H29N3/c1-6-13-10-16(8-7-15(13)5)12(3)9-11(2)14-4/h11-14H,6-10H2,1-5H3. The van der Waals surface area contributed by atoms with E-state index in [2.05, 4.69) is 50.0 Å². The fourth-order valence-corrected chi connectivity index (χ4v) is 2.59. The van der Waals surface area contributed by atoms with Crippen molar-refractivity contribution in [2.75, 3.05) is 33.7 Å². The molecule has 0 bridgehead atoms. The van der Waals surface area contributed by atoms with Gasteiger partial charge in [-0.15, -0.1) is 0 Å². The number of rotatable bonds is 5. The first-order valence-corrected chi connectivity index (χ1v) is 6.70. The number of nitrogens with one attached hydrogen (secondary N) is 1. The van der Waals surface area contributed by atoms with Crippen LogP contribution in [0, 0.1) is 0 Å². The Morgan fingerprint density at radius 1 is 1.31 bits per heavy atom. The summed E-state index contributed by atoms with van der Waals surface area (Å²) in [6.07, 6.45) is 2.51. The summed E-state index contributed by atoms with van der Waals surface area (Å²) in [6.45, 7) is 10.6. The van der Waals surface area contributed by atoms with Gasteiger partial charge < -0.3 is 10.2 Å². The molecule has 3 unspecified atom stereocenters. The molecule has 1 fully saturated rings. The van der Waals surface area contributed by atoms with Crippen LogP contribution >= 0.6 is 0 Å². The second-order valence-corrected chi connectivity index (χ2v) is 5.31. The molecule has 0 aliphatic carbocycles. The summed E-state index contributed by atoms with van der Waals surface area (Å²) < 4.78 is 0. The lowest BCUT2D eigenvalue weighted by Crippen LogP contribution is -2.54. The molecule has 1 heterocycles. The van der Waals surface area contributed by atoms with Gasteiger partial charge in [-0.1, -0.05) is 6.92 Å². The van der Waals surface area contributed by atoms with Crippen molar-refractivity contribution < 1.29 is 0 Å². The number of nitrogens with zero attached hydrogens (tertiary/aromatic N) is 2. The summed E-state index contributed by atoms with van der Waals surface area (Å²) in [4.78, 5) is 5.16. The Balaban J connectivity index is 2.42. The van der Waals surface area contributed by atoms with Crippen molar-refractivity contribution in [2.24, 2.45) is 0 Å². The second kappa shape index (κ2) is 6.58. The van der Waals surface area contributed by atoms with Gasteiger partial charge in [0.15, 0.2) is 0 Å². The van der Waals surface area contributed by atoms with Crippen LogP contribution in [0.4, 0.5) is 0 Å². The van der Waals surface area contributed by atoms with E-state index >= 15 is 0 Å². The molecule has 1 rings (SSSR count). The molecule has 0 radical (unpaired) electrons. The highest BCUT2D eigenvalue weighted by Gasteiger charge is 2.26. The highest BCUT2D eigenvalue weighted by molar-refractivity contribution is 4.83. The predicted octanol–water partition coefficient (Wildman–Crippen LogP) is 1.40. The molecule has 1 aliphatic heterocycles. The van der Waals surface area contributed by atoms with Crippen molar-refractivity contribution >= 4 is 0 Å². The summed E-state index contributed by atoms with van der Waals surface area (Å²) >= 11 is 0. The van der Waals surface area contributed by atoms with E-state index < -0.39 is 0 Å². The van der Waals surface area contributed by atoms with Gasteiger partial charge >= 0.3 is 0 Å². The largest absolute Gasteiger partial charge is 0.317 e. The van der Waals surface area contributed by atoms with Gasteiger partial charge in [0.2, 0.25) is 0 Å². The molecule has 3 heteroatoms. The summed E-state index contributed by atoms with van der Waals surface area (Å²) in [5, 5.41) is 3.33. The monoisotopic (exact) mass is 227 g/mol. The van der Waals surface area contributed by atoms with Gasteiger partial charge in [-0.2, -0.15) is 0 Å². The molecule has 0 aromatic carbocycles. The summed E-state index contributed by atoms with van der Waals surface area (Å²) in [6, 6.07) is 2.07. The maximum absolute atomic E-state index is 3.33. The quantitative estimate of drug-likeness (QED) is 0.766. The molecular formula is C13H29N3. The summed E-state index contributed by atoms with van der Waals surface area (Å²) in [5.74, 6) is 0. The predicted molar refractivity (Wildman–Crippen MR) is 70.9 cm³/mol. The van der Waals surface area contributed by atoms with Gasteiger partial charge in [-0.25, -0.2) is 0 Å². The second-order valence-electron chi connectivity index (χ2n) is 5.31. The highest BCUT2D eigenvalue weighted by Crippen LogP contribution is 2.15. The molecule has 3 nitrogen and oxygen atoms in total. The van der Waals surface area contributed by atoms with Gasteiger partial charge in [-0.3, -0.25) is 4.90 Å². The fraction of sp³-hybridized carbons (Fsp3) is 1.00. The fourth-order valence-electron chi connectivity index (χ4n) is 2.59. The zero-order chi connectivity index (χ0) is 12.1. The lowest BCUT2D eigenvalue weighted by atomic mass is 10.0. The molecule has 0 spiro atoms. The van der Waals surface area contributed by atoms with E-state index in [0.717, 1.165) is 6.04 Å². The number of hydrogen-bond donors (Lipinski definition) is 1. The van der Waals surface area contributed by atoms with E-state index in [1.54, 1.807) is 0 Å². The minimum absolute atomic E-state index is 0.620. The van der Waals surface area contributed by atoms with E-state index in [1.165, 1.54) is 32.5 Å².